The van der Waals surface area contributed by atoms with Gasteiger partial charge in [0.25, 0.3) is 5.91 Å². The highest BCUT2D eigenvalue weighted by atomic mass is 32.2. The topological polar surface area (TPSA) is 101 Å². The number of anilines is 2. The first-order chi connectivity index (χ1) is 14.8. The second-order valence-corrected chi connectivity index (χ2v) is 8.09. The molecule has 3 amide bonds. The molecule has 0 aliphatic carbocycles. The third-order valence-electron chi connectivity index (χ3n) is 4.34. The summed E-state index contributed by atoms with van der Waals surface area (Å²) in [6.45, 7) is 1.78. The molecule has 0 aromatic heterocycles. The van der Waals surface area contributed by atoms with Gasteiger partial charge < -0.3 is 16.4 Å². The Hall–Kier alpha value is -3.65. The molecule has 8 heteroatoms. The van der Waals surface area contributed by atoms with Gasteiger partial charge in [0.2, 0.25) is 11.8 Å². The van der Waals surface area contributed by atoms with Crippen molar-refractivity contribution < 1.29 is 18.8 Å². The lowest BCUT2D eigenvalue weighted by Crippen LogP contribution is -2.22. The maximum Gasteiger partial charge on any atom is 0.255 e. The van der Waals surface area contributed by atoms with Crippen LogP contribution in [0.1, 0.15) is 27.6 Å². The number of amides is 3. The van der Waals surface area contributed by atoms with Crippen molar-refractivity contribution in [3.05, 3.63) is 89.7 Å². The standard InChI is InChI=1S/C23H20FN3O3S/c1-14(22(29)26-18-8-4-15(5-9-18)21(25)28)31-20-12-10-19(11-13-20)27-23(30)16-2-6-17(24)7-3-16/h2-14H,1H3,(H2,25,28)(H,26,29)(H,27,30). The van der Waals surface area contributed by atoms with Crippen LogP contribution < -0.4 is 16.4 Å². The number of nitrogens with one attached hydrogen (secondary N) is 2. The van der Waals surface area contributed by atoms with Crippen molar-refractivity contribution in [1.29, 1.82) is 0 Å². The van der Waals surface area contributed by atoms with Crippen molar-refractivity contribution in [1.82, 2.24) is 0 Å². The van der Waals surface area contributed by atoms with Crippen LogP contribution in [0.5, 0.6) is 0 Å². The molecule has 4 N–H and O–H groups in total. The summed E-state index contributed by atoms with van der Waals surface area (Å²) in [4.78, 5) is 36.6. The highest BCUT2D eigenvalue weighted by molar-refractivity contribution is 8.00. The molecule has 3 aromatic rings. The van der Waals surface area contributed by atoms with E-state index >= 15 is 0 Å². The molecule has 0 aliphatic rings. The molecule has 31 heavy (non-hydrogen) atoms. The summed E-state index contributed by atoms with van der Waals surface area (Å²) < 4.78 is 13.0. The number of benzene rings is 3. The largest absolute Gasteiger partial charge is 0.366 e. The van der Waals surface area contributed by atoms with Crippen molar-refractivity contribution in [2.75, 3.05) is 10.6 Å². The van der Waals surface area contributed by atoms with E-state index in [0.717, 1.165) is 4.90 Å². The molecular formula is C23H20FN3O3S. The molecule has 0 saturated carbocycles. The highest BCUT2D eigenvalue weighted by Crippen LogP contribution is 2.26. The summed E-state index contributed by atoms with van der Waals surface area (Å²) in [5, 5.41) is 5.16. The number of carbonyl (C=O) groups excluding carboxylic acids is 3. The second kappa shape index (κ2) is 9.90. The van der Waals surface area contributed by atoms with Gasteiger partial charge in [0.05, 0.1) is 5.25 Å². The fraction of sp³-hybridized carbons (Fsp3) is 0.0870. The minimum absolute atomic E-state index is 0.189. The van der Waals surface area contributed by atoms with Crippen molar-refractivity contribution in [3.63, 3.8) is 0 Å². The van der Waals surface area contributed by atoms with Crippen molar-refractivity contribution in [2.45, 2.75) is 17.1 Å². The van der Waals surface area contributed by atoms with Crippen LogP contribution in [0, 0.1) is 5.82 Å². The maximum absolute atomic E-state index is 13.0. The van der Waals surface area contributed by atoms with Crippen LogP contribution in [-0.4, -0.2) is 23.0 Å². The molecule has 0 fully saturated rings. The number of hydrogen-bond donors (Lipinski definition) is 3. The zero-order valence-corrected chi connectivity index (χ0v) is 17.4. The van der Waals surface area contributed by atoms with Gasteiger partial charge in [-0.3, -0.25) is 14.4 Å². The van der Waals surface area contributed by atoms with Crippen LogP contribution >= 0.6 is 11.8 Å². The molecule has 0 bridgehead atoms. The molecule has 1 atom stereocenters. The quantitative estimate of drug-likeness (QED) is 0.480. The van der Waals surface area contributed by atoms with Crippen molar-refractivity contribution in [2.24, 2.45) is 5.73 Å². The molecule has 158 valence electrons. The van der Waals surface area contributed by atoms with Gasteiger partial charge in [0.1, 0.15) is 5.82 Å². The van der Waals surface area contributed by atoms with Crippen LogP contribution in [-0.2, 0) is 4.79 Å². The van der Waals surface area contributed by atoms with E-state index in [4.69, 9.17) is 5.73 Å². The van der Waals surface area contributed by atoms with Crippen LogP contribution in [0.15, 0.2) is 77.7 Å². The first kappa shape index (κ1) is 22.0. The highest BCUT2D eigenvalue weighted by Gasteiger charge is 2.15. The molecule has 0 saturated heterocycles. The average molecular weight is 437 g/mol. The molecule has 3 aromatic carbocycles. The van der Waals surface area contributed by atoms with Gasteiger partial charge in [-0.2, -0.15) is 0 Å². The third kappa shape index (κ3) is 6.16. The Morgan fingerprint density at radius 1 is 0.806 bits per heavy atom. The van der Waals surface area contributed by atoms with Gasteiger partial charge >= 0.3 is 0 Å². The summed E-state index contributed by atoms with van der Waals surface area (Å²) in [5.41, 5.74) is 7.09. The van der Waals surface area contributed by atoms with Gasteiger partial charge in [-0.15, -0.1) is 11.8 Å². The third-order valence-corrected chi connectivity index (χ3v) is 5.45. The SMILES string of the molecule is CC(Sc1ccc(NC(=O)c2ccc(F)cc2)cc1)C(=O)Nc1ccc(C(N)=O)cc1. The normalized spacial score (nSPS) is 11.4. The van der Waals surface area contributed by atoms with Crippen LogP contribution in [0.3, 0.4) is 0 Å². The van der Waals surface area contributed by atoms with Gasteiger partial charge in [-0.1, -0.05) is 0 Å². The van der Waals surface area contributed by atoms with E-state index in [-0.39, 0.29) is 17.1 Å². The number of thioether (sulfide) groups is 1. The Bertz CT molecular complexity index is 1080. The summed E-state index contributed by atoms with van der Waals surface area (Å²) in [6.07, 6.45) is 0. The molecule has 3 rings (SSSR count). The molecule has 0 radical (unpaired) electrons. The molecule has 0 spiro atoms. The number of rotatable bonds is 7. The summed E-state index contributed by atoms with van der Waals surface area (Å²) in [7, 11) is 0. The van der Waals surface area contributed by atoms with Gasteiger partial charge in [0, 0.05) is 27.4 Å². The van der Waals surface area contributed by atoms with E-state index < -0.39 is 11.7 Å². The summed E-state index contributed by atoms with van der Waals surface area (Å²) >= 11 is 1.36. The number of carbonyl (C=O) groups is 3. The van der Waals surface area contributed by atoms with Crippen molar-refractivity contribution in [3.8, 4) is 0 Å². The Morgan fingerprint density at radius 2 is 1.32 bits per heavy atom. The van der Waals surface area contributed by atoms with Crippen LogP contribution in [0.2, 0.25) is 0 Å². The van der Waals surface area contributed by atoms with Gasteiger partial charge in [-0.05, 0) is 79.7 Å². The Balaban J connectivity index is 1.54. The van der Waals surface area contributed by atoms with E-state index in [2.05, 4.69) is 10.6 Å². The molecule has 6 nitrogen and oxygen atoms in total. The van der Waals surface area contributed by atoms with E-state index in [9.17, 15) is 18.8 Å². The van der Waals surface area contributed by atoms with E-state index in [0.29, 0.717) is 22.5 Å². The van der Waals surface area contributed by atoms with Gasteiger partial charge in [-0.25, -0.2) is 4.39 Å². The smallest absolute Gasteiger partial charge is 0.255 e. The van der Waals surface area contributed by atoms with Crippen LogP contribution in [0.4, 0.5) is 15.8 Å². The zero-order valence-electron chi connectivity index (χ0n) is 16.6. The van der Waals surface area contributed by atoms with Crippen LogP contribution in [0.25, 0.3) is 0 Å². The lowest BCUT2D eigenvalue weighted by molar-refractivity contribution is -0.115. The van der Waals surface area contributed by atoms with E-state index in [1.807, 2.05) is 0 Å². The first-order valence-electron chi connectivity index (χ1n) is 9.36. The minimum atomic E-state index is -0.529. The number of primary amides is 1. The Labute approximate surface area is 183 Å². The number of nitrogens with two attached hydrogens (primary N) is 1. The van der Waals surface area contributed by atoms with Gasteiger partial charge in [0.15, 0.2) is 0 Å². The predicted molar refractivity (Wildman–Crippen MR) is 120 cm³/mol. The lowest BCUT2D eigenvalue weighted by atomic mass is 10.2. The van der Waals surface area contributed by atoms with E-state index in [1.54, 1.807) is 55.5 Å². The average Bonchev–Trinajstić information content (AvgIpc) is 2.76. The zero-order chi connectivity index (χ0) is 22.4. The Morgan fingerprint density at radius 3 is 1.90 bits per heavy atom. The maximum atomic E-state index is 13.0. The molecule has 0 aliphatic heterocycles. The van der Waals surface area contributed by atoms with E-state index in [1.165, 1.54) is 36.0 Å². The second-order valence-electron chi connectivity index (χ2n) is 6.68. The van der Waals surface area contributed by atoms with Crippen molar-refractivity contribution >= 4 is 40.9 Å². The fourth-order valence-electron chi connectivity index (χ4n) is 2.64. The molecular weight excluding hydrogens is 417 g/mol. The fourth-order valence-corrected chi connectivity index (χ4v) is 3.51. The minimum Gasteiger partial charge on any atom is -0.366 e. The lowest BCUT2D eigenvalue weighted by Gasteiger charge is -2.13. The number of halogens is 1. The molecule has 1 unspecified atom stereocenters. The predicted octanol–water partition coefficient (Wildman–Crippen LogP) is 4.30. The molecule has 0 heterocycles. The first-order valence-corrected chi connectivity index (χ1v) is 10.2. The monoisotopic (exact) mass is 437 g/mol. The Kier molecular flexibility index (Phi) is 7.04. The summed E-state index contributed by atoms with van der Waals surface area (Å²) in [5.74, 6) is -1.46. The number of hydrogen-bond acceptors (Lipinski definition) is 4. The summed E-state index contributed by atoms with van der Waals surface area (Å²) in [6, 6.07) is 18.7.